The molecule has 0 aromatic rings. The number of likely N-dealkylation sites (tertiary alicyclic amines) is 1. The van der Waals surface area contributed by atoms with Crippen molar-refractivity contribution >= 4 is 12.1 Å². The van der Waals surface area contributed by atoms with Gasteiger partial charge in [0.1, 0.15) is 5.60 Å². The summed E-state index contributed by atoms with van der Waals surface area (Å²) in [6.45, 7) is 6.76. The molecule has 2 unspecified atom stereocenters. The van der Waals surface area contributed by atoms with Crippen LogP contribution in [-0.4, -0.2) is 53.5 Å². The summed E-state index contributed by atoms with van der Waals surface area (Å²) in [7, 11) is 0. The highest BCUT2D eigenvalue weighted by Crippen LogP contribution is 2.38. The number of carbonyl (C=O) groups excluding carboxylic acids is 1. The minimum absolute atomic E-state index is 0.0107. The Labute approximate surface area is 131 Å². The summed E-state index contributed by atoms with van der Waals surface area (Å²) >= 11 is 0. The predicted octanol–water partition coefficient (Wildman–Crippen LogP) is 2.66. The lowest BCUT2D eigenvalue weighted by Gasteiger charge is -2.31. The van der Waals surface area contributed by atoms with Crippen LogP contribution >= 0.6 is 0 Å². The summed E-state index contributed by atoms with van der Waals surface area (Å²) in [6.07, 6.45) is 3.52. The molecule has 0 bridgehead atoms. The first-order chi connectivity index (χ1) is 10.2. The summed E-state index contributed by atoms with van der Waals surface area (Å²) in [6, 6.07) is 0. The topological polar surface area (TPSA) is 76.1 Å². The Balaban J connectivity index is 2.01. The second-order valence-corrected chi connectivity index (χ2v) is 7.43. The van der Waals surface area contributed by atoms with Crippen molar-refractivity contribution in [3.05, 3.63) is 0 Å². The fourth-order valence-corrected chi connectivity index (χ4v) is 3.19. The molecule has 1 N–H and O–H groups in total. The van der Waals surface area contributed by atoms with Gasteiger partial charge in [0, 0.05) is 19.7 Å². The van der Waals surface area contributed by atoms with Gasteiger partial charge in [-0.3, -0.25) is 4.79 Å². The van der Waals surface area contributed by atoms with Crippen molar-refractivity contribution in [3.63, 3.8) is 0 Å². The summed E-state index contributed by atoms with van der Waals surface area (Å²) in [5.74, 6) is -0.840. The van der Waals surface area contributed by atoms with E-state index in [-0.39, 0.29) is 12.6 Å². The maximum absolute atomic E-state index is 12.1. The average Bonchev–Trinajstić information content (AvgIpc) is 2.84. The van der Waals surface area contributed by atoms with E-state index in [1.54, 1.807) is 20.8 Å². The fraction of sp³-hybridized carbons (Fsp3) is 0.875. The Hall–Kier alpha value is -1.30. The molecule has 2 aliphatic heterocycles. The maximum Gasteiger partial charge on any atom is 0.410 e. The Kier molecular flexibility index (Phi) is 5.00. The quantitative estimate of drug-likeness (QED) is 0.867. The van der Waals surface area contributed by atoms with Crippen LogP contribution in [0.2, 0.25) is 0 Å². The summed E-state index contributed by atoms with van der Waals surface area (Å²) in [5.41, 5.74) is -1.48. The van der Waals surface area contributed by atoms with Crippen LogP contribution in [-0.2, 0) is 14.3 Å². The van der Waals surface area contributed by atoms with Gasteiger partial charge >= 0.3 is 12.1 Å². The van der Waals surface area contributed by atoms with E-state index in [2.05, 4.69) is 0 Å². The summed E-state index contributed by atoms with van der Waals surface area (Å²) in [4.78, 5) is 25.5. The molecule has 2 atom stereocenters. The SMILES string of the molecule is CC(C)(C)OC(=O)N1CCC(CC2CCCCO2)(C(=O)O)C1. The molecule has 0 aromatic carbocycles. The molecule has 0 aromatic heterocycles. The first-order valence-electron chi connectivity index (χ1n) is 8.05. The normalized spacial score (nSPS) is 29.4. The van der Waals surface area contributed by atoms with E-state index in [1.807, 2.05) is 0 Å². The molecule has 2 heterocycles. The average molecular weight is 313 g/mol. The zero-order valence-corrected chi connectivity index (χ0v) is 13.8. The second kappa shape index (κ2) is 6.44. The van der Waals surface area contributed by atoms with Crippen molar-refractivity contribution in [2.45, 2.75) is 64.6 Å². The van der Waals surface area contributed by atoms with Crippen LogP contribution in [0.25, 0.3) is 0 Å². The molecule has 2 fully saturated rings. The van der Waals surface area contributed by atoms with Gasteiger partial charge < -0.3 is 19.5 Å². The van der Waals surface area contributed by atoms with Gasteiger partial charge in [0.25, 0.3) is 0 Å². The number of hydrogen-bond acceptors (Lipinski definition) is 4. The molecule has 6 nitrogen and oxygen atoms in total. The van der Waals surface area contributed by atoms with Gasteiger partial charge in [0.15, 0.2) is 0 Å². The highest BCUT2D eigenvalue weighted by Gasteiger charge is 2.48. The number of carboxylic acid groups (broad SMARTS) is 1. The zero-order chi connectivity index (χ0) is 16.4. The highest BCUT2D eigenvalue weighted by molar-refractivity contribution is 5.78. The zero-order valence-electron chi connectivity index (χ0n) is 13.8. The third kappa shape index (κ3) is 4.12. The number of rotatable bonds is 3. The van der Waals surface area contributed by atoms with Crippen molar-refractivity contribution in [3.8, 4) is 0 Å². The molecule has 22 heavy (non-hydrogen) atoms. The summed E-state index contributed by atoms with van der Waals surface area (Å²) in [5, 5.41) is 9.69. The first kappa shape index (κ1) is 17.1. The first-order valence-corrected chi connectivity index (χ1v) is 8.05. The number of hydrogen-bond donors (Lipinski definition) is 1. The fourth-order valence-electron chi connectivity index (χ4n) is 3.19. The Morgan fingerprint density at radius 2 is 2.09 bits per heavy atom. The van der Waals surface area contributed by atoms with Crippen LogP contribution in [0.1, 0.15) is 52.9 Å². The number of carbonyl (C=O) groups is 2. The third-order valence-corrected chi connectivity index (χ3v) is 4.35. The van der Waals surface area contributed by atoms with E-state index in [9.17, 15) is 14.7 Å². The molecule has 6 heteroatoms. The highest BCUT2D eigenvalue weighted by atomic mass is 16.6. The standard InChI is InChI=1S/C16H27NO5/c1-15(2,3)22-14(20)17-8-7-16(11-17,13(18)19)10-12-6-4-5-9-21-12/h12H,4-11H2,1-3H3,(H,18,19). The van der Waals surface area contributed by atoms with E-state index in [0.29, 0.717) is 26.0 Å². The van der Waals surface area contributed by atoms with Gasteiger partial charge in [-0.1, -0.05) is 0 Å². The van der Waals surface area contributed by atoms with Crippen molar-refractivity contribution in [1.82, 2.24) is 4.90 Å². The molecule has 0 radical (unpaired) electrons. The Morgan fingerprint density at radius 3 is 2.64 bits per heavy atom. The Bertz CT molecular complexity index is 425. The minimum Gasteiger partial charge on any atom is -0.481 e. The van der Waals surface area contributed by atoms with E-state index < -0.39 is 23.1 Å². The molecule has 0 spiro atoms. The smallest absolute Gasteiger partial charge is 0.410 e. The molecule has 0 aliphatic carbocycles. The van der Waals surface area contributed by atoms with E-state index in [4.69, 9.17) is 9.47 Å². The number of carboxylic acids is 1. The number of aliphatic carboxylic acids is 1. The molecule has 2 saturated heterocycles. The molecule has 2 aliphatic rings. The second-order valence-electron chi connectivity index (χ2n) is 7.43. The van der Waals surface area contributed by atoms with E-state index in [1.165, 1.54) is 4.90 Å². The molecule has 0 saturated carbocycles. The van der Waals surface area contributed by atoms with E-state index in [0.717, 1.165) is 19.3 Å². The molecule has 126 valence electrons. The van der Waals surface area contributed by atoms with Crippen molar-refractivity contribution in [2.24, 2.45) is 5.41 Å². The molecule has 2 rings (SSSR count). The third-order valence-electron chi connectivity index (χ3n) is 4.35. The van der Waals surface area contributed by atoms with Gasteiger partial charge in [-0.2, -0.15) is 0 Å². The van der Waals surface area contributed by atoms with Gasteiger partial charge in [-0.05, 0) is 52.9 Å². The van der Waals surface area contributed by atoms with Crippen LogP contribution in [0.4, 0.5) is 4.79 Å². The molecular weight excluding hydrogens is 286 g/mol. The van der Waals surface area contributed by atoms with Gasteiger partial charge in [-0.15, -0.1) is 0 Å². The van der Waals surface area contributed by atoms with E-state index >= 15 is 0 Å². The van der Waals surface area contributed by atoms with Gasteiger partial charge in [0.05, 0.1) is 11.5 Å². The van der Waals surface area contributed by atoms with Gasteiger partial charge in [0.2, 0.25) is 0 Å². The lowest BCUT2D eigenvalue weighted by molar-refractivity contribution is -0.151. The number of amides is 1. The molecular formula is C16H27NO5. The monoisotopic (exact) mass is 313 g/mol. The largest absolute Gasteiger partial charge is 0.481 e. The van der Waals surface area contributed by atoms with Crippen LogP contribution in [0.3, 0.4) is 0 Å². The molecule has 1 amide bonds. The van der Waals surface area contributed by atoms with Crippen molar-refractivity contribution < 1.29 is 24.2 Å². The van der Waals surface area contributed by atoms with Crippen molar-refractivity contribution in [2.75, 3.05) is 19.7 Å². The maximum atomic E-state index is 12.1. The van der Waals surface area contributed by atoms with Crippen LogP contribution in [0, 0.1) is 5.41 Å². The van der Waals surface area contributed by atoms with Crippen molar-refractivity contribution in [1.29, 1.82) is 0 Å². The van der Waals surface area contributed by atoms with Crippen LogP contribution in [0.15, 0.2) is 0 Å². The number of nitrogens with zero attached hydrogens (tertiary/aromatic N) is 1. The van der Waals surface area contributed by atoms with Gasteiger partial charge in [-0.25, -0.2) is 4.79 Å². The predicted molar refractivity (Wildman–Crippen MR) is 80.7 cm³/mol. The lowest BCUT2D eigenvalue weighted by atomic mass is 9.80. The Morgan fingerprint density at radius 1 is 1.36 bits per heavy atom. The lowest BCUT2D eigenvalue weighted by Crippen LogP contribution is -2.41. The minimum atomic E-state index is -0.904. The van der Waals surface area contributed by atoms with Crippen LogP contribution < -0.4 is 0 Å². The number of ether oxygens (including phenoxy) is 2. The summed E-state index contributed by atoms with van der Waals surface area (Å²) < 4.78 is 11.0. The van der Waals surface area contributed by atoms with Crippen LogP contribution in [0.5, 0.6) is 0 Å².